The quantitative estimate of drug-likeness (QED) is 0.391. The zero-order chi connectivity index (χ0) is 14.5. The van der Waals surface area contributed by atoms with Crippen LogP contribution in [0.3, 0.4) is 0 Å². The van der Waals surface area contributed by atoms with Crippen molar-refractivity contribution >= 4 is 11.9 Å². The zero-order valence-corrected chi connectivity index (χ0v) is 10.6. The summed E-state index contributed by atoms with van der Waals surface area (Å²) in [6, 6.07) is 7.66. The van der Waals surface area contributed by atoms with Gasteiger partial charge in [-0.15, -0.1) is 0 Å². The number of hydrogen-bond acceptors (Lipinski definition) is 6. The minimum Gasteiger partial charge on any atom is -0.494 e. The lowest BCUT2D eigenvalue weighted by Gasteiger charge is -2.05. The molecule has 0 radical (unpaired) electrons. The van der Waals surface area contributed by atoms with Crippen LogP contribution in [0.1, 0.15) is 12.7 Å². The summed E-state index contributed by atoms with van der Waals surface area (Å²) >= 11 is 0. The first-order valence-electron chi connectivity index (χ1n) is 5.84. The number of hydrogen-bond donors (Lipinski definition) is 1. The van der Waals surface area contributed by atoms with E-state index in [2.05, 4.69) is 5.16 Å². The highest BCUT2D eigenvalue weighted by Crippen LogP contribution is 2.34. The van der Waals surface area contributed by atoms with Crippen molar-refractivity contribution in [2.45, 2.75) is 6.92 Å². The molecule has 1 aromatic heterocycles. The standard InChI is InChI=1S/C13H12N2O5/c1-2-19-9-3-5-11(12(7-9)15(17)18)13-6-4-10(20-13)8-14-16/h3-8,16H,2H2,1H3/b14-8+. The molecule has 1 aromatic carbocycles. The molecule has 0 saturated carbocycles. The van der Waals surface area contributed by atoms with Crippen molar-refractivity contribution < 1.29 is 19.3 Å². The summed E-state index contributed by atoms with van der Waals surface area (Å²) in [5.41, 5.74) is 0.217. The molecule has 0 aliphatic heterocycles. The molecule has 0 bridgehead atoms. The number of benzene rings is 1. The predicted molar refractivity (Wildman–Crippen MR) is 71.3 cm³/mol. The molecule has 0 aliphatic rings. The third-order valence-electron chi connectivity index (χ3n) is 2.55. The third-order valence-corrected chi connectivity index (χ3v) is 2.55. The van der Waals surface area contributed by atoms with Gasteiger partial charge >= 0.3 is 0 Å². The van der Waals surface area contributed by atoms with E-state index in [1.165, 1.54) is 6.07 Å². The first-order chi connectivity index (χ1) is 9.65. The smallest absolute Gasteiger partial charge is 0.284 e. The van der Waals surface area contributed by atoms with E-state index >= 15 is 0 Å². The molecule has 7 nitrogen and oxygen atoms in total. The van der Waals surface area contributed by atoms with Gasteiger partial charge in [0.05, 0.1) is 23.2 Å². The largest absolute Gasteiger partial charge is 0.494 e. The second-order valence-corrected chi connectivity index (χ2v) is 3.82. The van der Waals surface area contributed by atoms with Gasteiger partial charge in [0.2, 0.25) is 0 Å². The highest BCUT2D eigenvalue weighted by Gasteiger charge is 2.19. The monoisotopic (exact) mass is 276 g/mol. The fraction of sp³-hybridized carbons (Fsp3) is 0.154. The van der Waals surface area contributed by atoms with Crippen LogP contribution in [-0.4, -0.2) is 23.0 Å². The van der Waals surface area contributed by atoms with Crippen molar-refractivity contribution in [3.63, 3.8) is 0 Å². The summed E-state index contributed by atoms with van der Waals surface area (Å²) in [5, 5.41) is 22.4. The van der Waals surface area contributed by atoms with Gasteiger partial charge in [0.15, 0.2) is 0 Å². The van der Waals surface area contributed by atoms with E-state index in [9.17, 15) is 10.1 Å². The number of oxime groups is 1. The van der Waals surface area contributed by atoms with Crippen LogP contribution in [0, 0.1) is 10.1 Å². The average Bonchev–Trinajstić information content (AvgIpc) is 2.88. The fourth-order valence-corrected chi connectivity index (χ4v) is 1.75. The van der Waals surface area contributed by atoms with Crippen LogP contribution in [0.4, 0.5) is 5.69 Å². The SMILES string of the molecule is CCOc1ccc(-c2ccc(/C=N/O)o2)c([N+](=O)[O-])c1. The van der Waals surface area contributed by atoms with Gasteiger partial charge < -0.3 is 14.4 Å². The first-order valence-corrected chi connectivity index (χ1v) is 5.84. The lowest BCUT2D eigenvalue weighted by molar-refractivity contribution is -0.384. The number of nitrogens with zero attached hydrogens (tertiary/aromatic N) is 2. The second kappa shape index (κ2) is 5.87. The molecule has 0 unspecified atom stereocenters. The van der Waals surface area contributed by atoms with E-state index in [1.54, 1.807) is 31.2 Å². The fourth-order valence-electron chi connectivity index (χ4n) is 1.75. The third kappa shape index (κ3) is 2.77. The Bertz CT molecular complexity index is 648. The van der Waals surface area contributed by atoms with Crippen molar-refractivity contribution in [2.75, 3.05) is 6.61 Å². The Morgan fingerprint density at radius 3 is 2.90 bits per heavy atom. The molecule has 1 N–H and O–H groups in total. The normalized spacial score (nSPS) is 10.8. The number of rotatable bonds is 5. The number of nitro groups is 1. The molecule has 1 heterocycles. The molecule has 0 aliphatic carbocycles. The summed E-state index contributed by atoms with van der Waals surface area (Å²) in [7, 11) is 0. The minimum absolute atomic E-state index is 0.113. The Hall–Kier alpha value is -2.83. The van der Waals surface area contributed by atoms with Crippen LogP contribution in [0.15, 0.2) is 39.9 Å². The Kier molecular flexibility index (Phi) is 3.99. The highest BCUT2D eigenvalue weighted by atomic mass is 16.6. The van der Waals surface area contributed by atoms with Gasteiger partial charge in [-0.25, -0.2) is 0 Å². The molecular weight excluding hydrogens is 264 g/mol. The lowest BCUT2D eigenvalue weighted by atomic mass is 10.1. The van der Waals surface area contributed by atoms with Gasteiger partial charge in [-0.1, -0.05) is 5.16 Å². The van der Waals surface area contributed by atoms with E-state index in [4.69, 9.17) is 14.4 Å². The molecule has 0 atom stereocenters. The Morgan fingerprint density at radius 1 is 1.45 bits per heavy atom. The van der Waals surface area contributed by atoms with E-state index < -0.39 is 4.92 Å². The predicted octanol–water partition coefficient (Wildman–Crippen LogP) is 3.06. The van der Waals surface area contributed by atoms with E-state index in [1.807, 2.05) is 0 Å². The molecule has 2 rings (SSSR count). The topological polar surface area (TPSA) is 98.1 Å². The van der Waals surface area contributed by atoms with Crippen LogP contribution in [0.2, 0.25) is 0 Å². The Balaban J connectivity index is 2.46. The molecular formula is C13H12N2O5. The molecule has 2 aromatic rings. The Labute approximate surface area is 114 Å². The zero-order valence-electron chi connectivity index (χ0n) is 10.6. The van der Waals surface area contributed by atoms with Crippen LogP contribution < -0.4 is 4.74 Å². The summed E-state index contributed by atoms with van der Waals surface area (Å²) in [6.07, 6.45) is 1.10. The number of ether oxygens (including phenoxy) is 1. The number of nitro benzene ring substituents is 1. The van der Waals surface area contributed by atoms with Crippen LogP contribution >= 0.6 is 0 Å². The maximum absolute atomic E-state index is 11.1. The average molecular weight is 276 g/mol. The maximum Gasteiger partial charge on any atom is 0.284 e. The van der Waals surface area contributed by atoms with E-state index in [0.29, 0.717) is 29.4 Å². The molecule has 7 heteroatoms. The van der Waals surface area contributed by atoms with Crippen LogP contribution in [-0.2, 0) is 0 Å². The van der Waals surface area contributed by atoms with Crippen molar-refractivity contribution in [1.29, 1.82) is 0 Å². The van der Waals surface area contributed by atoms with Crippen molar-refractivity contribution in [3.05, 3.63) is 46.2 Å². The highest BCUT2D eigenvalue weighted by molar-refractivity contribution is 5.78. The summed E-state index contributed by atoms with van der Waals surface area (Å²) < 4.78 is 10.6. The Morgan fingerprint density at radius 2 is 2.25 bits per heavy atom. The molecule has 0 spiro atoms. The van der Waals surface area contributed by atoms with Crippen molar-refractivity contribution in [1.82, 2.24) is 0 Å². The maximum atomic E-state index is 11.1. The van der Waals surface area contributed by atoms with E-state index in [-0.39, 0.29) is 5.69 Å². The minimum atomic E-state index is -0.500. The summed E-state index contributed by atoms with van der Waals surface area (Å²) in [6.45, 7) is 2.22. The first kappa shape index (κ1) is 13.6. The van der Waals surface area contributed by atoms with Gasteiger partial charge in [0, 0.05) is 0 Å². The summed E-state index contributed by atoms with van der Waals surface area (Å²) in [5.74, 6) is 1.03. The van der Waals surface area contributed by atoms with Gasteiger partial charge in [0.25, 0.3) is 5.69 Å². The summed E-state index contributed by atoms with van der Waals surface area (Å²) in [4.78, 5) is 10.6. The van der Waals surface area contributed by atoms with Gasteiger partial charge in [-0.2, -0.15) is 0 Å². The molecule has 0 saturated heterocycles. The molecule has 20 heavy (non-hydrogen) atoms. The molecule has 0 fully saturated rings. The molecule has 0 amide bonds. The lowest BCUT2D eigenvalue weighted by Crippen LogP contribution is -1.95. The van der Waals surface area contributed by atoms with Crippen molar-refractivity contribution in [3.8, 4) is 17.1 Å². The molecule has 104 valence electrons. The van der Waals surface area contributed by atoms with Crippen LogP contribution in [0.25, 0.3) is 11.3 Å². The number of furan rings is 1. The van der Waals surface area contributed by atoms with Gasteiger partial charge in [-0.05, 0) is 31.2 Å². The second-order valence-electron chi connectivity index (χ2n) is 3.82. The van der Waals surface area contributed by atoms with Gasteiger partial charge in [-0.3, -0.25) is 10.1 Å². The van der Waals surface area contributed by atoms with Gasteiger partial charge in [0.1, 0.15) is 23.5 Å². The van der Waals surface area contributed by atoms with E-state index in [0.717, 1.165) is 6.21 Å². The van der Waals surface area contributed by atoms with Crippen molar-refractivity contribution in [2.24, 2.45) is 5.16 Å². The van der Waals surface area contributed by atoms with Crippen LogP contribution in [0.5, 0.6) is 5.75 Å².